The smallest absolute Gasteiger partial charge is 0.339 e. The minimum absolute atomic E-state index is 0.152. The second-order valence-corrected chi connectivity index (χ2v) is 6.99. The standard InChI is InChI=1S/C25H26O5/c1-4-28-23(26)15-13-21-17(2)20-12-14-22(18(3)24(20)30-25(21)27)29-16-8-11-19-9-6-5-7-10-19/h5-12,14H,4,13,15-16H2,1-3H3/b11-8+. The van der Waals surface area contributed by atoms with Gasteiger partial charge < -0.3 is 13.9 Å². The fourth-order valence-corrected chi connectivity index (χ4v) is 3.36. The molecule has 0 saturated heterocycles. The third-order valence-corrected chi connectivity index (χ3v) is 4.98. The van der Waals surface area contributed by atoms with E-state index in [1.807, 2.05) is 68.5 Å². The van der Waals surface area contributed by atoms with Gasteiger partial charge >= 0.3 is 11.6 Å². The molecule has 1 heterocycles. The summed E-state index contributed by atoms with van der Waals surface area (Å²) >= 11 is 0. The first-order chi connectivity index (χ1) is 14.5. The minimum atomic E-state index is -0.423. The van der Waals surface area contributed by atoms with Gasteiger partial charge in [0.25, 0.3) is 0 Å². The number of rotatable bonds is 8. The molecule has 0 atom stereocenters. The van der Waals surface area contributed by atoms with Gasteiger partial charge in [-0.25, -0.2) is 4.79 Å². The van der Waals surface area contributed by atoms with Crippen LogP contribution in [0, 0.1) is 13.8 Å². The van der Waals surface area contributed by atoms with Gasteiger partial charge in [-0.05, 0) is 56.5 Å². The fraction of sp³-hybridized carbons (Fsp3) is 0.280. The van der Waals surface area contributed by atoms with Gasteiger partial charge in [-0.15, -0.1) is 0 Å². The molecule has 0 spiro atoms. The Balaban J connectivity index is 1.78. The summed E-state index contributed by atoms with van der Waals surface area (Å²) in [5.41, 5.74) is 3.31. The zero-order valence-corrected chi connectivity index (χ0v) is 17.6. The maximum Gasteiger partial charge on any atom is 0.339 e. The zero-order chi connectivity index (χ0) is 21.5. The average Bonchev–Trinajstić information content (AvgIpc) is 2.74. The molecule has 0 aliphatic heterocycles. The molecular formula is C25H26O5. The molecule has 0 saturated carbocycles. The molecule has 30 heavy (non-hydrogen) atoms. The molecule has 0 unspecified atom stereocenters. The van der Waals surface area contributed by atoms with Crippen LogP contribution in [-0.4, -0.2) is 19.2 Å². The molecule has 156 valence electrons. The normalized spacial score (nSPS) is 11.2. The molecule has 0 radical (unpaired) electrons. The van der Waals surface area contributed by atoms with E-state index in [4.69, 9.17) is 13.9 Å². The second-order valence-electron chi connectivity index (χ2n) is 6.99. The highest BCUT2D eigenvalue weighted by Crippen LogP contribution is 2.29. The lowest BCUT2D eigenvalue weighted by atomic mass is 10.0. The SMILES string of the molecule is CCOC(=O)CCc1c(C)c2ccc(OC/C=C/c3ccccc3)c(C)c2oc1=O. The fourth-order valence-electron chi connectivity index (χ4n) is 3.36. The third kappa shape index (κ3) is 4.98. The van der Waals surface area contributed by atoms with Crippen molar-refractivity contribution < 1.29 is 18.7 Å². The molecule has 1 aromatic heterocycles. The van der Waals surface area contributed by atoms with E-state index in [1.54, 1.807) is 6.92 Å². The van der Waals surface area contributed by atoms with E-state index in [0.29, 0.717) is 36.5 Å². The van der Waals surface area contributed by atoms with Crippen LogP contribution >= 0.6 is 0 Å². The number of carbonyl (C=O) groups is 1. The van der Waals surface area contributed by atoms with Crippen LogP contribution in [0.2, 0.25) is 0 Å². The van der Waals surface area contributed by atoms with Crippen LogP contribution in [0.5, 0.6) is 5.75 Å². The summed E-state index contributed by atoms with van der Waals surface area (Å²) in [5.74, 6) is 0.349. The lowest BCUT2D eigenvalue weighted by molar-refractivity contribution is -0.143. The van der Waals surface area contributed by atoms with Crippen molar-refractivity contribution in [1.82, 2.24) is 0 Å². The van der Waals surface area contributed by atoms with Crippen LogP contribution in [-0.2, 0) is 16.0 Å². The summed E-state index contributed by atoms with van der Waals surface area (Å²) in [6.45, 7) is 6.24. The summed E-state index contributed by atoms with van der Waals surface area (Å²) in [5, 5.41) is 0.845. The Kier molecular flexibility index (Phi) is 7.07. The summed E-state index contributed by atoms with van der Waals surface area (Å²) in [6, 6.07) is 13.8. The number of hydrogen-bond acceptors (Lipinski definition) is 5. The van der Waals surface area contributed by atoms with Gasteiger partial charge in [0.1, 0.15) is 17.9 Å². The first kappa shape index (κ1) is 21.4. The monoisotopic (exact) mass is 406 g/mol. The van der Waals surface area contributed by atoms with E-state index >= 15 is 0 Å². The van der Waals surface area contributed by atoms with Gasteiger partial charge in [0.15, 0.2) is 0 Å². The molecule has 0 bridgehead atoms. The maximum atomic E-state index is 12.5. The van der Waals surface area contributed by atoms with Gasteiger partial charge in [-0.1, -0.05) is 36.4 Å². The number of benzene rings is 2. The Bertz CT molecular complexity index is 1110. The average molecular weight is 406 g/mol. The number of hydrogen-bond donors (Lipinski definition) is 0. The second kappa shape index (κ2) is 9.92. The van der Waals surface area contributed by atoms with E-state index in [2.05, 4.69) is 0 Å². The molecule has 0 aliphatic carbocycles. The first-order valence-corrected chi connectivity index (χ1v) is 10.1. The highest BCUT2D eigenvalue weighted by molar-refractivity contribution is 5.85. The minimum Gasteiger partial charge on any atom is -0.489 e. The van der Waals surface area contributed by atoms with Gasteiger partial charge in [0.05, 0.1) is 6.61 Å². The van der Waals surface area contributed by atoms with Crippen molar-refractivity contribution in [3.63, 3.8) is 0 Å². The van der Waals surface area contributed by atoms with Crippen LogP contribution in [0.25, 0.3) is 17.0 Å². The van der Waals surface area contributed by atoms with Crippen molar-refractivity contribution in [2.24, 2.45) is 0 Å². The molecule has 3 rings (SSSR count). The van der Waals surface area contributed by atoms with Gasteiger partial charge in [0, 0.05) is 22.9 Å². The third-order valence-electron chi connectivity index (χ3n) is 4.98. The molecule has 0 N–H and O–H groups in total. The molecule has 0 aliphatic rings. The van der Waals surface area contributed by atoms with Crippen LogP contribution < -0.4 is 10.4 Å². The molecule has 2 aromatic carbocycles. The Morgan fingerprint density at radius 1 is 1.07 bits per heavy atom. The predicted molar refractivity (Wildman–Crippen MR) is 118 cm³/mol. The van der Waals surface area contributed by atoms with E-state index in [0.717, 1.165) is 22.1 Å². The van der Waals surface area contributed by atoms with Crippen molar-refractivity contribution in [2.45, 2.75) is 33.6 Å². The lowest BCUT2D eigenvalue weighted by Crippen LogP contribution is -2.14. The molecule has 5 heteroatoms. The highest BCUT2D eigenvalue weighted by Gasteiger charge is 2.16. The Morgan fingerprint density at radius 3 is 2.57 bits per heavy atom. The largest absolute Gasteiger partial charge is 0.489 e. The van der Waals surface area contributed by atoms with E-state index in [1.165, 1.54) is 0 Å². The molecule has 3 aromatic rings. The van der Waals surface area contributed by atoms with E-state index in [-0.39, 0.29) is 12.4 Å². The number of carbonyl (C=O) groups excluding carboxylic acids is 1. The van der Waals surface area contributed by atoms with Crippen molar-refractivity contribution in [3.8, 4) is 5.75 Å². The lowest BCUT2D eigenvalue weighted by Gasteiger charge is -2.12. The zero-order valence-electron chi connectivity index (χ0n) is 17.6. The molecule has 5 nitrogen and oxygen atoms in total. The number of aryl methyl sites for hydroxylation is 2. The van der Waals surface area contributed by atoms with Crippen molar-refractivity contribution in [3.05, 3.63) is 81.2 Å². The van der Waals surface area contributed by atoms with Crippen LogP contribution in [0.3, 0.4) is 0 Å². The Morgan fingerprint density at radius 2 is 1.83 bits per heavy atom. The van der Waals surface area contributed by atoms with E-state index < -0.39 is 5.63 Å². The summed E-state index contributed by atoms with van der Waals surface area (Å²) < 4.78 is 16.4. The molecule has 0 amide bonds. The topological polar surface area (TPSA) is 65.7 Å². The Labute approximate surface area is 175 Å². The van der Waals surface area contributed by atoms with Gasteiger partial charge in [0.2, 0.25) is 0 Å². The number of fused-ring (bicyclic) bond motifs is 1. The van der Waals surface area contributed by atoms with Gasteiger partial charge in [-0.2, -0.15) is 0 Å². The number of esters is 1. The van der Waals surface area contributed by atoms with E-state index in [9.17, 15) is 9.59 Å². The summed E-state index contributed by atoms with van der Waals surface area (Å²) in [6.07, 6.45) is 4.39. The predicted octanol–water partition coefficient (Wildman–Crippen LogP) is 5.00. The maximum absolute atomic E-state index is 12.5. The summed E-state index contributed by atoms with van der Waals surface area (Å²) in [4.78, 5) is 24.2. The number of ether oxygens (including phenoxy) is 2. The van der Waals surface area contributed by atoms with Crippen molar-refractivity contribution >= 4 is 23.0 Å². The molecule has 0 fully saturated rings. The first-order valence-electron chi connectivity index (χ1n) is 10.1. The summed E-state index contributed by atoms with van der Waals surface area (Å²) in [7, 11) is 0. The van der Waals surface area contributed by atoms with Crippen molar-refractivity contribution in [1.29, 1.82) is 0 Å². The van der Waals surface area contributed by atoms with Crippen LogP contribution in [0.15, 0.2) is 57.8 Å². The molecular weight excluding hydrogens is 380 g/mol. The van der Waals surface area contributed by atoms with Crippen LogP contribution in [0.1, 0.15) is 35.6 Å². The highest BCUT2D eigenvalue weighted by atomic mass is 16.5. The Hall–Kier alpha value is -3.34. The van der Waals surface area contributed by atoms with Crippen molar-refractivity contribution in [2.75, 3.05) is 13.2 Å². The quantitative estimate of drug-likeness (QED) is 0.389. The van der Waals surface area contributed by atoms with Gasteiger partial charge in [-0.3, -0.25) is 4.79 Å². The van der Waals surface area contributed by atoms with Crippen LogP contribution in [0.4, 0.5) is 0 Å².